The number of nitrogens with zero attached hydrogens (tertiary/aromatic N) is 2. The normalized spacial score (nSPS) is 10.6. The zero-order valence-electron chi connectivity index (χ0n) is 21.6. The zero-order chi connectivity index (χ0) is 25.5. The highest BCUT2D eigenvalue weighted by molar-refractivity contribution is 5.76. The number of hydrogen-bond donors (Lipinski definition) is 0. The van der Waals surface area contributed by atoms with Crippen LogP contribution in [0.25, 0.3) is 5.70 Å². The minimum Gasteiger partial charge on any atom is -0.367 e. The average molecular weight is 471 g/mol. The Morgan fingerprint density at radius 2 is 0.944 bits per heavy atom. The van der Waals surface area contributed by atoms with Crippen molar-refractivity contribution in [3.63, 3.8) is 0 Å². The van der Waals surface area contributed by atoms with Gasteiger partial charge in [0.05, 0.1) is 0 Å². The fourth-order valence-electron chi connectivity index (χ4n) is 4.55. The Labute approximate surface area is 216 Å². The molecule has 0 amide bonds. The molecule has 2 heteroatoms. The van der Waals surface area contributed by atoms with E-state index in [1.165, 1.54) is 0 Å². The lowest BCUT2D eigenvalue weighted by Crippen LogP contribution is -2.35. The monoisotopic (exact) mass is 470 g/mol. The van der Waals surface area contributed by atoms with Gasteiger partial charge >= 0.3 is 0 Å². The molecule has 0 saturated carbocycles. The van der Waals surface area contributed by atoms with Crippen molar-refractivity contribution >= 4 is 22.8 Å². The zero-order valence-corrected chi connectivity index (χ0v) is 21.6. The van der Waals surface area contributed by atoms with E-state index in [-0.39, 0.29) is 0 Å². The van der Waals surface area contributed by atoms with Crippen LogP contribution in [0.1, 0.15) is 44.4 Å². The highest BCUT2D eigenvalue weighted by atomic mass is 15.2. The van der Waals surface area contributed by atoms with E-state index in [9.17, 15) is 0 Å². The van der Waals surface area contributed by atoms with E-state index in [0.29, 0.717) is 12.1 Å². The van der Waals surface area contributed by atoms with Gasteiger partial charge in [0.2, 0.25) is 0 Å². The van der Waals surface area contributed by atoms with Gasteiger partial charge in [-0.3, -0.25) is 0 Å². The van der Waals surface area contributed by atoms with E-state index in [0.717, 1.165) is 39.4 Å². The number of anilines is 3. The van der Waals surface area contributed by atoms with Crippen LogP contribution in [0.2, 0.25) is 0 Å². The molecule has 0 atom stereocenters. The van der Waals surface area contributed by atoms with Crippen molar-refractivity contribution in [2.45, 2.75) is 39.8 Å². The molecule has 4 aromatic rings. The summed E-state index contributed by atoms with van der Waals surface area (Å²) in [6.45, 7) is 13.2. The summed E-state index contributed by atoms with van der Waals surface area (Å²) >= 11 is 0. The predicted molar refractivity (Wildman–Crippen MR) is 155 cm³/mol. The van der Waals surface area contributed by atoms with Crippen LogP contribution < -0.4 is 4.90 Å². The summed E-state index contributed by atoms with van der Waals surface area (Å²) in [5, 5.41) is 0. The SMILES string of the molecule is C=C(c1ccc(C#Cc2ccc(N(c3ccccc3)c3ccccc3)cc2)cc1)N(C(C)C)C(C)C. The van der Waals surface area contributed by atoms with Gasteiger partial charge < -0.3 is 9.80 Å². The standard InChI is InChI=1S/C34H34N2/c1-26(2)35(27(3)4)28(5)31-22-18-29(19-23-31)16-17-30-20-24-34(25-21-30)36(32-12-8-6-9-13-32)33-14-10-7-11-15-33/h6-15,18-27H,5H2,1-4H3. The summed E-state index contributed by atoms with van der Waals surface area (Å²) < 4.78 is 0. The summed E-state index contributed by atoms with van der Waals surface area (Å²) in [7, 11) is 0. The minimum absolute atomic E-state index is 0.402. The van der Waals surface area contributed by atoms with Crippen molar-refractivity contribution in [1.82, 2.24) is 4.90 Å². The molecule has 0 aliphatic rings. The molecule has 0 spiro atoms. The van der Waals surface area contributed by atoms with Gasteiger partial charge in [-0.25, -0.2) is 0 Å². The molecule has 0 fully saturated rings. The molecular weight excluding hydrogens is 436 g/mol. The first-order valence-electron chi connectivity index (χ1n) is 12.5. The van der Waals surface area contributed by atoms with Gasteiger partial charge in [0.15, 0.2) is 0 Å². The largest absolute Gasteiger partial charge is 0.367 e. The molecule has 0 aliphatic heterocycles. The van der Waals surface area contributed by atoms with Crippen LogP contribution >= 0.6 is 0 Å². The van der Waals surface area contributed by atoms with Crippen LogP contribution in [0.4, 0.5) is 17.1 Å². The van der Waals surface area contributed by atoms with Gasteiger partial charge in [-0.15, -0.1) is 0 Å². The van der Waals surface area contributed by atoms with E-state index < -0.39 is 0 Å². The lowest BCUT2D eigenvalue weighted by molar-refractivity contribution is 0.275. The second-order valence-corrected chi connectivity index (χ2v) is 9.42. The van der Waals surface area contributed by atoms with Crippen LogP contribution in [0, 0.1) is 11.8 Å². The first-order valence-corrected chi connectivity index (χ1v) is 12.5. The topological polar surface area (TPSA) is 6.48 Å². The quantitative estimate of drug-likeness (QED) is 0.249. The summed E-state index contributed by atoms with van der Waals surface area (Å²) in [6.07, 6.45) is 0. The van der Waals surface area contributed by atoms with Gasteiger partial charge in [-0.2, -0.15) is 0 Å². The third-order valence-electron chi connectivity index (χ3n) is 6.15. The van der Waals surface area contributed by atoms with Crippen molar-refractivity contribution in [1.29, 1.82) is 0 Å². The second-order valence-electron chi connectivity index (χ2n) is 9.42. The summed E-state index contributed by atoms with van der Waals surface area (Å²) in [5.41, 5.74) is 7.51. The van der Waals surface area contributed by atoms with Gasteiger partial charge in [0.25, 0.3) is 0 Å². The van der Waals surface area contributed by atoms with Gasteiger partial charge in [0.1, 0.15) is 0 Å². The molecule has 0 saturated heterocycles. The van der Waals surface area contributed by atoms with Gasteiger partial charge in [-0.05, 0) is 93.9 Å². The molecule has 2 nitrogen and oxygen atoms in total. The highest BCUT2D eigenvalue weighted by Crippen LogP contribution is 2.34. The van der Waals surface area contributed by atoms with Gasteiger partial charge in [0, 0.05) is 46.0 Å². The summed E-state index contributed by atoms with van der Waals surface area (Å²) in [6, 6.07) is 38.5. The Morgan fingerprint density at radius 3 is 1.36 bits per heavy atom. The third kappa shape index (κ3) is 5.88. The lowest BCUT2D eigenvalue weighted by Gasteiger charge is -2.34. The van der Waals surface area contributed by atoms with Crippen molar-refractivity contribution in [3.05, 3.63) is 132 Å². The molecule has 0 N–H and O–H groups in total. The molecule has 0 aliphatic carbocycles. The molecule has 0 unspecified atom stereocenters. The molecule has 36 heavy (non-hydrogen) atoms. The maximum atomic E-state index is 4.34. The first-order chi connectivity index (χ1) is 17.4. The average Bonchev–Trinajstić information content (AvgIpc) is 2.89. The molecule has 4 aromatic carbocycles. The van der Waals surface area contributed by atoms with Crippen LogP contribution in [-0.2, 0) is 0 Å². The smallest absolute Gasteiger partial charge is 0.0462 e. The number of para-hydroxylation sites is 2. The predicted octanol–water partition coefficient (Wildman–Crippen LogP) is 8.65. The van der Waals surface area contributed by atoms with Crippen molar-refractivity contribution in [2.75, 3.05) is 4.90 Å². The van der Waals surface area contributed by atoms with Gasteiger partial charge in [-0.1, -0.05) is 67.0 Å². The van der Waals surface area contributed by atoms with E-state index in [1.54, 1.807) is 0 Å². The number of hydrogen-bond acceptors (Lipinski definition) is 2. The third-order valence-corrected chi connectivity index (χ3v) is 6.15. The molecule has 0 radical (unpaired) electrons. The Kier molecular flexibility index (Phi) is 7.93. The molecule has 0 aromatic heterocycles. The molecule has 0 bridgehead atoms. The van der Waals surface area contributed by atoms with E-state index >= 15 is 0 Å². The fraction of sp³-hybridized carbons (Fsp3) is 0.176. The lowest BCUT2D eigenvalue weighted by atomic mass is 10.1. The maximum Gasteiger partial charge on any atom is 0.0462 e. The number of rotatable bonds is 7. The van der Waals surface area contributed by atoms with Crippen molar-refractivity contribution in [2.24, 2.45) is 0 Å². The first kappa shape index (κ1) is 24.9. The molecule has 180 valence electrons. The van der Waals surface area contributed by atoms with Crippen LogP contribution in [-0.4, -0.2) is 17.0 Å². The van der Waals surface area contributed by atoms with Crippen molar-refractivity contribution < 1.29 is 0 Å². The number of benzene rings is 4. The fourth-order valence-corrected chi connectivity index (χ4v) is 4.55. The Morgan fingerprint density at radius 1 is 0.556 bits per heavy atom. The minimum atomic E-state index is 0.402. The second kappa shape index (κ2) is 11.5. The Bertz CT molecular complexity index is 1280. The van der Waals surface area contributed by atoms with E-state index in [4.69, 9.17) is 0 Å². The van der Waals surface area contributed by atoms with E-state index in [2.05, 4.69) is 153 Å². The van der Waals surface area contributed by atoms with Crippen LogP contribution in [0.15, 0.2) is 116 Å². The Hall–Kier alpha value is -4.22. The molecule has 4 rings (SSSR count). The van der Waals surface area contributed by atoms with Crippen LogP contribution in [0.5, 0.6) is 0 Å². The highest BCUT2D eigenvalue weighted by Gasteiger charge is 2.16. The molecule has 0 heterocycles. The summed E-state index contributed by atoms with van der Waals surface area (Å²) in [4.78, 5) is 4.59. The molecular formula is C34H34N2. The van der Waals surface area contributed by atoms with E-state index in [1.807, 2.05) is 12.1 Å². The maximum absolute atomic E-state index is 4.34. The van der Waals surface area contributed by atoms with Crippen molar-refractivity contribution in [3.8, 4) is 11.8 Å². The van der Waals surface area contributed by atoms with Crippen LogP contribution in [0.3, 0.4) is 0 Å². The summed E-state index contributed by atoms with van der Waals surface area (Å²) in [5.74, 6) is 6.62. The Balaban J connectivity index is 1.53.